The van der Waals surface area contributed by atoms with Gasteiger partial charge in [-0.1, -0.05) is 26.8 Å². The van der Waals surface area contributed by atoms with Crippen molar-refractivity contribution in [2.75, 3.05) is 18.2 Å². The number of rotatable bonds is 6. The van der Waals surface area contributed by atoms with Crippen molar-refractivity contribution in [2.45, 2.75) is 33.6 Å². The van der Waals surface area contributed by atoms with Crippen LogP contribution in [0.5, 0.6) is 0 Å². The van der Waals surface area contributed by atoms with Crippen LogP contribution < -0.4 is 11.1 Å². The molecular weight excluding hydrogens is 332 g/mol. The second kappa shape index (κ2) is 7.64. The molecule has 0 saturated carbocycles. The first kappa shape index (κ1) is 19.6. The Hall–Kier alpha value is -2.76. The van der Waals surface area contributed by atoms with Crippen LogP contribution in [0.25, 0.3) is 0 Å². The fraction of sp³-hybridized carbons (Fsp3) is 0.400. The molecule has 0 unspecified atom stereocenters. The quantitative estimate of drug-likeness (QED) is 0.531. The maximum absolute atomic E-state index is 12.7. The molecule has 0 saturated heterocycles. The number of nitrogens with two attached hydrogens (primary N) is 1. The smallest absolute Gasteiger partial charge is 0.317 e. The van der Waals surface area contributed by atoms with E-state index < -0.39 is 17.3 Å². The van der Waals surface area contributed by atoms with Crippen LogP contribution in [0.4, 0.5) is 11.4 Å². The number of anilines is 2. The molecule has 1 aromatic carbocycles. The fourth-order valence-corrected chi connectivity index (χ4v) is 3.16. The van der Waals surface area contributed by atoms with Crippen molar-refractivity contribution in [1.29, 1.82) is 0 Å². The number of methoxy groups -OCH3 is 1. The molecule has 0 fully saturated rings. The van der Waals surface area contributed by atoms with Gasteiger partial charge in [-0.25, -0.2) is 0 Å². The number of ketones is 1. The molecule has 6 nitrogen and oxygen atoms in total. The minimum atomic E-state index is -0.930. The van der Waals surface area contributed by atoms with Crippen molar-refractivity contribution >= 4 is 23.1 Å². The zero-order chi connectivity index (χ0) is 19.5. The van der Waals surface area contributed by atoms with Crippen LogP contribution in [0.3, 0.4) is 0 Å². The lowest BCUT2D eigenvalue weighted by Crippen LogP contribution is -2.38. The minimum Gasteiger partial charge on any atom is -0.511 e. The number of ether oxygens (including phenoxy) is 1. The second-order valence-electron chi connectivity index (χ2n) is 7.02. The Bertz CT molecular complexity index is 761. The van der Waals surface area contributed by atoms with Gasteiger partial charge in [0, 0.05) is 28.9 Å². The number of carbonyl (C=O) groups excluding carboxylic acids is 2. The van der Waals surface area contributed by atoms with Crippen molar-refractivity contribution in [2.24, 2.45) is 11.3 Å². The predicted octanol–water partition coefficient (Wildman–Crippen LogP) is 3.57. The molecule has 1 aliphatic rings. The standard InChI is InChI=1S/C20H26N2O4/c1-5-6-15(23)16-14(22-13-9-7-12(21)8-10-13)11-20(2,3)17(18(16)24)19(25)26-4/h7-11,17,22,24H,5-6,21H2,1-4H3/t17-/m1/s1. The van der Waals surface area contributed by atoms with E-state index in [0.717, 1.165) is 5.69 Å². The molecule has 1 aromatic rings. The molecule has 6 heteroatoms. The third kappa shape index (κ3) is 3.90. The maximum atomic E-state index is 12.7. The van der Waals surface area contributed by atoms with Gasteiger partial charge in [-0.05, 0) is 30.7 Å². The van der Waals surface area contributed by atoms with Crippen LogP contribution in [0.15, 0.2) is 47.4 Å². The Morgan fingerprint density at radius 2 is 1.88 bits per heavy atom. The Morgan fingerprint density at radius 1 is 1.27 bits per heavy atom. The minimum absolute atomic E-state index is 0.137. The highest BCUT2D eigenvalue weighted by Crippen LogP contribution is 2.42. The van der Waals surface area contributed by atoms with E-state index >= 15 is 0 Å². The summed E-state index contributed by atoms with van der Waals surface area (Å²) in [7, 11) is 1.27. The Kier molecular flexibility index (Phi) is 5.75. The number of aliphatic hydroxyl groups is 1. The average Bonchev–Trinajstić information content (AvgIpc) is 2.56. The number of nitrogens with one attached hydrogen (secondary N) is 1. The van der Waals surface area contributed by atoms with Crippen LogP contribution in [-0.2, 0) is 14.3 Å². The van der Waals surface area contributed by atoms with Crippen molar-refractivity contribution < 1.29 is 19.4 Å². The molecule has 0 amide bonds. The maximum Gasteiger partial charge on any atom is 0.317 e. The summed E-state index contributed by atoms with van der Waals surface area (Å²) < 4.78 is 4.84. The molecule has 0 aromatic heterocycles. The topological polar surface area (TPSA) is 102 Å². The Labute approximate surface area is 153 Å². The zero-order valence-electron chi connectivity index (χ0n) is 15.6. The zero-order valence-corrected chi connectivity index (χ0v) is 15.6. The highest BCUT2D eigenvalue weighted by molar-refractivity contribution is 6.02. The molecular formula is C20H26N2O4. The van der Waals surface area contributed by atoms with Crippen molar-refractivity contribution in [3.8, 4) is 0 Å². The lowest BCUT2D eigenvalue weighted by atomic mass is 9.71. The molecule has 2 rings (SSSR count). The summed E-state index contributed by atoms with van der Waals surface area (Å²) in [6.07, 6.45) is 2.71. The third-order valence-corrected chi connectivity index (χ3v) is 4.44. The summed E-state index contributed by atoms with van der Waals surface area (Å²) in [5.74, 6) is -1.97. The van der Waals surface area contributed by atoms with Gasteiger partial charge in [0.1, 0.15) is 11.7 Å². The lowest BCUT2D eigenvalue weighted by molar-refractivity contribution is -0.148. The van der Waals surface area contributed by atoms with Crippen molar-refractivity contribution in [3.05, 3.63) is 47.4 Å². The van der Waals surface area contributed by atoms with Gasteiger partial charge in [-0.15, -0.1) is 0 Å². The Morgan fingerprint density at radius 3 is 2.42 bits per heavy atom. The molecule has 1 atom stereocenters. The molecule has 140 valence electrons. The number of aliphatic hydroxyl groups excluding tert-OH is 1. The highest BCUT2D eigenvalue weighted by atomic mass is 16.5. The first-order valence-corrected chi connectivity index (χ1v) is 8.61. The summed E-state index contributed by atoms with van der Waals surface area (Å²) in [6.45, 7) is 5.52. The first-order valence-electron chi connectivity index (χ1n) is 8.61. The van der Waals surface area contributed by atoms with Crippen molar-refractivity contribution in [1.82, 2.24) is 0 Å². The van der Waals surface area contributed by atoms with E-state index in [4.69, 9.17) is 10.5 Å². The fourth-order valence-electron chi connectivity index (χ4n) is 3.16. The van der Waals surface area contributed by atoms with Gasteiger partial charge in [0.15, 0.2) is 5.78 Å². The van der Waals surface area contributed by atoms with Gasteiger partial charge >= 0.3 is 5.97 Å². The van der Waals surface area contributed by atoms with Crippen LogP contribution in [-0.4, -0.2) is 24.0 Å². The summed E-state index contributed by atoms with van der Waals surface area (Å²) in [5.41, 5.74) is 6.95. The molecule has 0 spiro atoms. The summed E-state index contributed by atoms with van der Waals surface area (Å²) in [4.78, 5) is 24.9. The number of allylic oxidation sites excluding steroid dienone is 2. The molecule has 0 aliphatic heterocycles. The normalized spacial score (nSPS) is 18.9. The van der Waals surface area contributed by atoms with Crippen LogP contribution in [0.2, 0.25) is 0 Å². The largest absolute Gasteiger partial charge is 0.511 e. The van der Waals surface area contributed by atoms with E-state index in [1.54, 1.807) is 30.3 Å². The van der Waals surface area contributed by atoms with Gasteiger partial charge < -0.3 is 20.9 Å². The molecule has 0 heterocycles. The lowest BCUT2D eigenvalue weighted by Gasteiger charge is -2.35. The number of benzene rings is 1. The third-order valence-electron chi connectivity index (χ3n) is 4.44. The number of nitrogen functional groups attached to an aromatic ring is 1. The van der Waals surface area contributed by atoms with E-state index in [1.165, 1.54) is 7.11 Å². The number of hydrogen-bond acceptors (Lipinski definition) is 6. The van der Waals surface area contributed by atoms with Crippen molar-refractivity contribution in [3.63, 3.8) is 0 Å². The van der Waals surface area contributed by atoms with Crippen LogP contribution in [0, 0.1) is 11.3 Å². The van der Waals surface area contributed by atoms with Gasteiger partial charge in [0.05, 0.1) is 12.7 Å². The number of hydrogen-bond donors (Lipinski definition) is 3. The predicted molar refractivity (Wildman–Crippen MR) is 101 cm³/mol. The van der Waals surface area contributed by atoms with Gasteiger partial charge in [0.2, 0.25) is 0 Å². The highest BCUT2D eigenvalue weighted by Gasteiger charge is 2.44. The van der Waals surface area contributed by atoms with Gasteiger partial charge in [-0.3, -0.25) is 9.59 Å². The molecule has 1 aliphatic carbocycles. The number of carbonyl (C=O) groups is 2. The molecule has 0 bridgehead atoms. The number of esters is 1. The first-order chi connectivity index (χ1) is 12.2. The summed E-state index contributed by atoms with van der Waals surface area (Å²) in [5, 5.41) is 14.0. The van der Waals surface area contributed by atoms with E-state index in [1.807, 2.05) is 20.8 Å². The molecule has 4 N–H and O–H groups in total. The average molecular weight is 358 g/mol. The number of Topliss-reactive ketones (excluding diaryl/α,β-unsaturated/α-hetero) is 1. The van der Waals surface area contributed by atoms with Crippen LogP contribution in [0.1, 0.15) is 33.6 Å². The summed E-state index contributed by atoms with van der Waals surface area (Å²) >= 11 is 0. The molecule has 26 heavy (non-hydrogen) atoms. The van der Waals surface area contributed by atoms with Gasteiger partial charge in [0.25, 0.3) is 0 Å². The SMILES string of the molecule is CCCC(=O)C1=C(O)[C@H](C(=O)OC)C(C)(C)C=C1Nc1ccc(N)cc1. The second-order valence-corrected chi connectivity index (χ2v) is 7.02. The molecule has 0 radical (unpaired) electrons. The van der Waals surface area contributed by atoms with E-state index in [-0.39, 0.29) is 23.5 Å². The van der Waals surface area contributed by atoms with E-state index in [9.17, 15) is 14.7 Å². The Balaban J connectivity index is 2.52. The summed E-state index contributed by atoms with van der Waals surface area (Å²) in [6, 6.07) is 7.06. The van der Waals surface area contributed by atoms with E-state index in [0.29, 0.717) is 17.8 Å². The van der Waals surface area contributed by atoms with E-state index in [2.05, 4.69) is 5.32 Å². The van der Waals surface area contributed by atoms with Crippen LogP contribution >= 0.6 is 0 Å². The van der Waals surface area contributed by atoms with Gasteiger partial charge in [-0.2, -0.15) is 0 Å². The monoisotopic (exact) mass is 358 g/mol.